The zero-order valence-corrected chi connectivity index (χ0v) is 17.0. The maximum Gasteiger partial charge on any atom is 0.303 e. The minimum absolute atomic E-state index is 0.0220. The fraction of sp³-hybridized carbons (Fsp3) is 0.500. The number of carbonyl (C=O) groups excluding carboxylic acids is 3. The zero-order chi connectivity index (χ0) is 21.3. The second-order valence-corrected chi connectivity index (χ2v) is 6.82. The Labute approximate surface area is 174 Å². The SMILES string of the molecule is CC(=O)OC[C@@H]1O[C@H](n2cnc3c(Cl)nc(Cl)nc32)[C@H](OC(C)=O)[C@H]1OC(C)=O. The van der Waals surface area contributed by atoms with Crippen molar-refractivity contribution < 1.29 is 33.3 Å². The molecular formula is C16H16Cl2N4O7. The van der Waals surface area contributed by atoms with Crippen molar-refractivity contribution in [1.82, 2.24) is 19.5 Å². The third-order valence-electron chi connectivity index (χ3n) is 3.97. The number of carbonyl (C=O) groups is 3. The second-order valence-electron chi connectivity index (χ2n) is 6.12. The lowest BCUT2D eigenvalue weighted by molar-refractivity contribution is -0.166. The van der Waals surface area contributed by atoms with Crippen LogP contribution in [0.4, 0.5) is 0 Å². The van der Waals surface area contributed by atoms with Crippen molar-refractivity contribution in [3.8, 4) is 0 Å². The lowest BCUT2D eigenvalue weighted by Gasteiger charge is -2.23. The summed E-state index contributed by atoms with van der Waals surface area (Å²) in [6.45, 7) is 3.38. The standard InChI is InChI=1S/C16H16Cl2N4O7/c1-6(23)26-4-9-11(27-7(2)24)12(28-8(3)25)15(29-9)22-5-19-10-13(17)20-16(18)21-14(10)22/h5,9,11-12,15H,4H2,1-3H3/t9-,11-,12+,15-/m0/s1. The van der Waals surface area contributed by atoms with Crippen LogP contribution in [0.15, 0.2) is 6.33 Å². The average molecular weight is 447 g/mol. The Balaban J connectivity index is 2.04. The van der Waals surface area contributed by atoms with Gasteiger partial charge in [-0.1, -0.05) is 11.6 Å². The predicted octanol–water partition coefficient (Wildman–Crippen LogP) is 1.46. The van der Waals surface area contributed by atoms with E-state index in [-0.39, 0.29) is 28.2 Å². The number of halogens is 2. The van der Waals surface area contributed by atoms with Crippen LogP contribution in [0.1, 0.15) is 27.0 Å². The lowest BCUT2D eigenvalue weighted by atomic mass is 10.1. The van der Waals surface area contributed by atoms with E-state index in [9.17, 15) is 14.4 Å². The molecule has 0 aliphatic carbocycles. The predicted molar refractivity (Wildman–Crippen MR) is 97.0 cm³/mol. The molecule has 29 heavy (non-hydrogen) atoms. The molecular weight excluding hydrogens is 431 g/mol. The molecule has 1 aliphatic rings. The highest BCUT2D eigenvalue weighted by molar-refractivity contribution is 6.35. The van der Waals surface area contributed by atoms with Gasteiger partial charge in [-0.15, -0.1) is 0 Å². The molecule has 0 radical (unpaired) electrons. The molecule has 11 nitrogen and oxygen atoms in total. The first-order chi connectivity index (χ1) is 13.7. The third-order valence-corrected chi connectivity index (χ3v) is 4.40. The minimum Gasteiger partial charge on any atom is -0.463 e. The van der Waals surface area contributed by atoms with E-state index in [1.54, 1.807) is 0 Å². The first-order valence-corrected chi connectivity index (χ1v) is 9.11. The molecule has 2 aromatic heterocycles. The van der Waals surface area contributed by atoms with Gasteiger partial charge in [0, 0.05) is 20.8 Å². The number of ether oxygens (including phenoxy) is 4. The summed E-state index contributed by atoms with van der Waals surface area (Å²) in [6.07, 6.45) is -2.71. The van der Waals surface area contributed by atoms with Crippen LogP contribution in [-0.4, -0.2) is 62.3 Å². The van der Waals surface area contributed by atoms with Crippen molar-refractivity contribution in [1.29, 1.82) is 0 Å². The van der Waals surface area contributed by atoms with Crippen LogP contribution in [-0.2, 0) is 33.3 Å². The van der Waals surface area contributed by atoms with E-state index in [0.29, 0.717) is 0 Å². The molecule has 0 aromatic carbocycles. The summed E-state index contributed by atoms with van der Waals surface area (Å²) in [5.74, 6) is -1.82. The van der Waals surface area contributed by atoms with Gasteiger partial charge in [0.2, 0.25) is 5.28 Å². The number of rotatable bonds is 5. The number of hydrogen-bond acceptors (Lipinski definition) is 10. The summed E-state index contributed by atoms with van der Waals surface area (Å²) in [6, 6.07) is 0. The number of esters is 3. The smallest absolute Gasteiger partial charge is 0.303 e. The molecule has 0 saturated carbocycles. The topological polar surface area (TPSA) is 132 Å². The van der Waals surface area contributed by atoms with Gasteiger partial charge in [-0.3, -0.25) is 19.0 Å². The molecule has 1 saturated heterocycles. The van der Waals surface area contributed by atoms with Gasteiger partial charge in [-0.05, 0) is 11.6 Å². The van der Waals surface area contributed by atoms with E-state index in [4.69, 9.17) is 42.1 Å². The van der Waals surface area contributed by atoms with Gasteiger partial charge in [0.25, 0.3) is 0 Å². The van der Waals surface area contributed by atoms with Crippen molar-refractivity contribution in [2.45, 2.75) is 45.3 Å². The molecule has 4 atom stereocenters. The van der Waals surface area contributed by atoms with Gasteiger partial charge in [0.1, 0.15) is 18.2 Å². The zero-order valence-electron chi connectivity index (χ0n) is 15.5. The summed E-state index contributed by atoms with van der Waals surface area (Å²) >= 11 is 11.9. The number of hydrogen-bond donors (Lipinski definition) is 0. The molecule has 156 valence electrons. The summed E-state index contributed by atoms with van der Waals surface area (Å²) < 4.78 is 23.0. The van der Waals surface area contributed by atoms with Crippen molar-refractivity contribution >= 4 is 52.3 Å². The van der Waals surface area contributed by atoms with Gasteiger partial charge in [-0.25, -0.2) is 9.97 Å². The first-order valence-electron chi connectivity index (χ1n) is 8.36. The Morgan fingerprint density at radius 3 is 2.34 bits per heavy atom. The Bertz CT molecular complexity index is 966. The minimum atomic E-state index is -1.08. The van der Waals surface area contributed by atoms with E-state index in [1.807, 2.05) is 0 Å². The second kappa shape index (κ2) is 8.47. The van der Waals surface area contributed by atoms with Gasteiger partial charge < -0.3 is 18.9 Å². The molecule has 0 spiro atoms. The molecule has 3 heterocycles. The van der Waals surface area contributed by atoms with E-state index >= 15 is 0 Å². The first kappa shape index (κ1) is 21.2. The Kier molecular flexibility index (Phi) is 6.20. The van der Waals surface area contributed by atoms with Crippen LogP contribution >= 0.6 is 23.2 Å². The quantitative estimate of drug-likeness (QED) is 0.287. The molecule has 0 bridgehead atoms. The average Bonchev–Trinajstić information content (AvgIpc) is 3.15. The molecule has 1 fully saturated rings. The van der Waals surface area contributed by atoms with E-state index in [0.717, 1.165) is 0 Å². The summed E-state index contributed by atoms with van der Waals surface area (Å²) in [5, 5.41) is -0.104. The van der Waals surface area contributed by atoms with Crippen LogP contribution in [0, 0.1) is 0 Å². The molecule has 1 aliphatic heterocycles. The van der Waals surface area contributed by atoms with Crippen LogP contribution in [0.5, 0.6) is 0 Å². The molecule has 0 N–H and O–H groups in total. The van der Waals surface area contributed by atoms with Crippen molar-refractivity contribution in [3.05, 3.63) is 16.8 Å². The number of imidazole rings is 1. The molecule has 0 amide bonds. The molecule has 3 rings (SSSR count). The van der Waals surface area contributed by atoms with E-state index < -0.39 is 42.4 Å². The van der Waals surface area contributed by atoms with Crippen molar-refractivity contribution in [2.75, 3.05) is 6.61 Å². The van der Waals surface area contributed by atoms with Crippen LogP contribution in [0.3, 0.4) is 0 Å². The van der Waals surface area contributed by atoms with E-state index in [1.165, 1.54) is 31.7 Å². The van der Waals surface area contributed by atoms with Gasteiger partial charge in [0.05, 0.1) is 6.33 Å². The highest BCUT2D eigenvalue weighted by Gasteiger charge is 2.51. The lowest BCUT2D eigenvalue weighted by Crippen LogP contribution is -2.40. The molecule has 13 heteroatoms. The number of aromatic nitrogens is 4. The molecule has 2 aromatic rings. The van der Waals surface area contributed by atoms with Crippen LogP contribution in [0.2, 0.25) is 10.4 Å². The monoisotopic (exact) mass is 446 g/mol. The highest BCUT2D eigenvalue weighted by atomic mass is 35.5. The third kappa shape index (κ3) is 4.57. The Hall–Kier alpha value is -2.50. The largest absolute Gasteiger partial charge is 0.463 e. The van der Waals surface area contributed by atoms with Crippen LogP contribution in [0.25, 0.3) is 11.2 Å². The van der Waals surface area contributed by atoms with Gasteiger partial charge >= 0.3 is 17.9 Å². The maximum absolute atomic E-state index is 11.7. The normalized spacial score (nSPS) is 23.8. The van der Waals surface area contributed by atoms with Crippen LogP contribution < -0.4 is 0 Å². The number of fused-ring (bicyclic) bond motifs is 1. The summed E-state index contributed by atoms with van der Waals surface area (Å²) in [5.41, 5.74) is 0.459. The fourth-order valence-electron chi connectivity index (χ4n) is 2.96. The Morgan fingerprint density at radius 2 is 1.72 bits per heavy atom. The number of nitrogens with zero attached hydrogens (tertiary/aromatic N) is 4. The summed E-state index contributed by atoms with van der Waals surface area (Å²) in [4.78, 5) is 46.6. The van der Waals surface area contributed by atoms with Crippen molar-refractivity contribution in [2.24, 2.45) is 0 Å². The highest BCUT2D eigenvalue weighted by Crippen LogP contribution is 2.36. The summed E-state index contributed by atoms with van der Waals surface area (Å²) in [7, 11) is 0. The van der Waals surface area contributed by atoms with Gasteiger partial charge in [0.15, 0.2) is 29.2 Å². The van der Waals surface area contributed by atoms with Gasteiger partial charge in [-0.2, -0.15) is 4.98 Å². The fourth-order valence-corrected chi connectivity index (χ4v) is 3.38. The van der Waals surface area contributed by atoms with Crippen molar-refractivity contribution in [3.63, 3.8) is 0 Å². The Morgan fingerprint density at radius 1 is 1.07 bits per heavy atom. The molecule has 0 unspecified atom stereocenters. The maximum atomic E-state index is 11.7. The van der Waals surface area contributed by atoms with E-state index in [2.05, 4.69) is 15.0 Å².